The van der Waals surface area contributed by atoms with Crippen LogP contribution in [-0.2, 0) is 14.3 Å². The molecule has 1 rings (SSSR count). The molecule has 0 aromatic heterocycles. The summed E-state index contributed by atoms with van der Waals surface area (Å²) < 4.78 is 5.49. The van der Waals surface area contributed by atoms with Gasteiger partial charge in [-0.15, -0.1) is 0 Å². The monoisotopic (exact) mass is 201 g/mol. The number of amides is 1. The lowest BCUT2D eigenvalue weighted by molar-refractivity contribution is -0.138. The lowest BCUT2D eigenvalue weighted by Gasteiger charge is -2.21. The molecule has 2 N–H and O–H groups in total. The van der Waals surface area contributed by atoms with Crippen LogP contribution in [0.2, 0.25) is 0 Å². The number of rotatable bonds is 5. The van der Waals surface area contributed by atoms with Gasteiger partial charge in [-0.1, -0.05) is 0 Å². The maximum atomic E-state index is 10.5. The van der Waals surface area contributed by atoms with Crippen molar-refractivity contribution in [3.05, 3.63) is 0 Å². The molecule has 0 saturated carbocycles. The van der Waals surface area contributed by atoms with E-state index in [0.29, 0.717) is 6.41 Å². The third-order valence-corrected chi connectivity index (χ3v) is 2.39. The van der Waals surface area contributed by atoms with Crippen molar-refractivity contribution in [3.63, 3.8) is 0 Å². The van der Waals surface area contributed by atoms with E-state index in [0.717, 1.165) is 12.8 Å². The number of carboxylic acids is 1. The highest BCUT2D eigenvalue weighted by atomic mass is 16.5. The standard InChI is InChI=1S/C9H15NO4/c1-6-2-3-8(14-6)7(10-5-11)4-9(12)13/h5-8H,2-4H2,1H3,(H,10,11)(H,12,13). The largest absolute Gasteiger partial charge is 0.481 e. The van der Waals surface area contributed by atoms with Gasteiger partial charge in [0.1, 0.15) is 0 Å². The maximum Gasteiger partial charge on any atom is 0.305 e. The molecule has 80 valence electrons. The number of hydrogen-bond acceptors (Lipinski definition) is 3. The average molecular weight is 201 g/mol. The Bertz CT molecular complexity index is 219. The summed E-state index contributed by atoms with van der Waals surface area (Å²) in [5, 5.41) is 11.1. The van der Waals surface area contributed by atoms with E-state index in [9.17, 15) is 9.59 Å². The number of hydrogen-bond donors (Lipinski definition) is 2. The second-order valence-electron chi connectivity index (χ2n) is 3.55. The smallest absolute Gasteiger partial charge is 0.305 e. The zero-order valence-electron chi connectivity index (χ0n) is 8.10. The number of carbonyl (C=O) groups is 2. The van der Waals surface area contributed by atoms with Crippen LogP contribution in [0.1, 0.15) is 26.2 Å². The van der Waals surface area contributed by atoms with Crippen LogP contribution in [0.25, 0.3) is 0 Å². The van der Waals surface area contributed by atoms with Crippen LogP contribution in [0.4, 0.5) is 0 Å². The summed E-state index contributed by atoms with van der Waals surface area (Å²) in [6, 6.07) is -0.407. The van der Waals surface area contributed by atoms with Crippen molar-refractivity contribution >= 4 is 12.4 Å². The summed E-state index contributed by atoms with van der Waals surface area (Å²) in [5.74, 6) is -0.924. The van der Waals surface area contributed by atoms with E-state index in [2.05, 4.69) is 5.32 Å². The molecule has 3 atom stereocenters. The van der Waals surface area contributed by atoms with Gasteiger partial charge >= 0.3 is 5.97 Å². The number of nitrogens with one attached hydrogen (secondary N) is 1. The Morgan fingerprint density at radius 3 is 2.86 bits per heavy atom. The van der Waals surface area contributed by atoms with Crippen LogP contribution in [0, 0.1) is 0 Å². The molecule has 0 aromatic rings. The van der Waals surface area contributed by atoms with Crippen molar-refractivity contribution in [3.8, 4) is 0 Å². The van der Waals surface area contributed by atoms with Gasteiger partial charge < -0.3 is 15.2 Å². The van der Waals surface area contributed by atoms with E-state index < -0.39 is 12.0 Å². The van der Waals surface area contributed by atoms with Gasteiger partial charge in [-0.25, -0.2) is 0 Å². The van der Waals surface area contributed by atoms with Crippen molar-refractivity contribution in [1.29, 1.82) is 0 Å². The lowest BCUT2D eigenvalue weighted by Crippen LogP contribution is -2.40. The van der Waals surface area contributed by atoms with Crippen LogP contribution < -0.4 is 5.32 Å². The molecule has 0 aromatic carbocycles. The summed E-state index contributed by atoms with van der Waals surface area (Å²) in [7, 11) is 0. The highest BCUT2D eigenvalue weighted by molar-refractivity contribution is 5.68. The van der Waals surface area contributed by atoms with E-state index in [1.54, 1.807) is 0 Å². The Morgan fingerprint density at radius 2 is 2.43 bits per heavy atom. The summed E-state index contributed by atoms with van der Waals surface area (Å²) in [6.45, 7) is 1.94. The van der Waals surface area contributed by atoms with Gasteiger partial charge in [0.15, 0.2) is 0 Å². The van der Waals surface area contributed by atoms with Gasteiger partial charge in [0.05, 0.1) is 24.7 Å². The lowest BCUT2D eigenvalue weighted by atomic mass is 10.0. The maximum absolute atomic E-state index is 10.5. The Morgan fingerprint density at radius 1 is 1.71 bits per heavy atom. The molecule has 1 saturated heterocycles. The molecule has 1 amide bonds. The Labute approximate surface area is 82.4 Å². The topological polar surface area (TPSA) is 75.6 Å². The molecule has 14 heavy (non-hydrogen) atoms. The zero-order valence-corrected chi connectivity index (χ0v) is 8.10. The van der Waals surface area contributed by atoms with Crippen LogP contribution in [-0.4, -0.2) is 35.7 Å². The zero-order chi connectivity index (χ0) is 10.6. The van der Waals surface area contributed by atoms with Gasteiger partial charge in [0, 0.05) is 0 Å². The molecule has 0 aliphatic carbocycles. The van der Waals surface area contributed by atoms with Crippen LogP contribution in [0.3, 0.4) is 0 Å². The third-order valence-electron chi connectivity index (χ3n) is 2.39. The molecule has 1 aliphatic rings. The van der Waals surface area contributed by atoms with Gasteiger partial charge in [-0.05, 0) is 19.8 Å². The first-order chi connectivity index (χ1) is 6.63. The van der Waals surface area contributed by atoms with Crippen molar-refractivity contribution in [2.24, 2.45) is 0 Å². The fraction of sp³-hybridized carbons (Fsp3) is 0.778. The average Bonchev–Trinajstić information content (AvgIpc) is 2.50. The first-order valence-corrected chi connectivity index (χ1v) is 4.70. The minimum absolute atomic E-state index is 0.0872. The van der Waals surface area contributed by atoms with E-state index >= 15 is 0 Å². The van der Waals surface area contributed by atoms with Crippen molar-refractivity contribution in [1.82, 2.24) is 5.32 Å². The number of carbonyl (C=O) groups excluding carboxylic acids is 1. The van der Waals surface area contributed by atoms with Crippen molar-refractivity contribution < 1.29 is 19.4 Å². The molecule has 3 unspecified atom stereocenters. The first-order valence-electron chi connectivity index (χ1n) is 4.70. The second-order valence-corrected chi connectivity index (χ2v) is 3.55. The molecule has 1 heterocycles. The number of aliphatic carboxylic acids is 1. The minimum atomic E-state index is -0.924. The van der Waals surface area contributed by atoms with Gasteiger partial charge in [0.2, 0.25) is 6.41 Å². The van der Waals surface area contributed by atoms with E-state index in [1.165, 1.54) is 0 Å². The highest BCUT2D eigenvalue weighted by Gasteiger charge is 2.30. The second kappa shape index (κ2) is 4.95. The van der Waals surface area contributed by atoms with Crippen LogP contribution in [0.15, 0.2) is 0 Å². The SMILES string of the molecule is CC1CCC(C(CC(=O)O)NC=O)O1. The summed E-state index contributed by atoms with van der Waals surface area (Å²) in [5.41, 5.74) is 0. The van der Waals surface area contributed by atoms with Crippen molar-refractivity contribution in [2.75, 3.05) is 0 Å². The summed E-state index contributed by atoms with van der Waals surface area (Å²) >= 11 is 0. The molecular weight excluding hydrogens is 186 g/mol. The van der Waals surface area contributed by atoms with Gasteiger partial charge in [-0.3, -0.25) is 9.59 Å². The fourth-order valence-electron chi connectivity index (χ4n) is 1.70. The third kappa shape index (κ3) is 2.99. The molecule has 5 nitrogen and oxygen atoms in total. The van der Waals surface area contributed by atoms with Crippen LogP contribution >= 0.6 is 0 Å². The van der Waals surface area contributed by atoms with Crippen molar-refractivity contribution in [2.45, 2.75) is 44.4 Å². The van der Waals surface area contributed by atoms with E-state index in [1.807, 2.05) is 6.92 Å². The molecule has 5 heteroatoms. The molecule has 0 spiro atoms. The van der Waals surface area contributed by atoms with Gasteiger partial charge in [0.25, 0.3) is 0 Å². The molecule has 1 fully saturated rings. The van der Waals surface area contributed by atoms with E-state index in [-0.39, 0.29) is 18.6 Å². The predicted octanol–water partition coefficient (Wildman–Crippen LogP) is 0.143. The Balaban J connectivity index is 2.48. The Kier molecular flexibility index (Phi) is 3.88. The first kappa shape index (κ1) is 11.0. The van der Waals surface area contributed by atoms with Crippen LogP contribution in [0.5, 0.6) is 0 Å². The quantitative estimate of drug-likeness (QED) is 0.620. The molecular formula is C9H15NO4. The summed E-state index contributed by atoms with van der Waals surface area (Å²) in [6.07, 6.45) is 2.16. The molecule has 0 bridgehead atoms. The number of ether oxygens (including phenoxy) is 1. The van der Waals surface area contributed by atoms with E-state index in [4.69, 9.17) is 9.84 Å². The molecule has 0 radical (unpaired) electrons. The Hall–Kier alpha value is -1.10. The van der Waals surface area contributed by atoms with Gasteiger partial charge in [-0.2, -0.15) is 0 Å². The minimum Gasteiger partial charge on any atom is -0.481 e. The predicted molar refractivity (Wildman–Crippen MR) is 48.8 cm³/mol. The summed E-state index contributed by atoms with van der Waals surface area (Å²) in [4.78, 5) is 20.8. The number of carboxylic acid groups (broad SMARTS) is 1. The highest BCUT2D eigenvalue weighted by Crippen LogP contribution is 2.22. The molecule has 1 aliphatic heterocycles. The fourth-order valence-corrected chi connectivity index (χ4v) is 1.70. The normalized spacial score (nSPS) is 28.4.